The molecule has 4 nitrogen and oxygen atoms in total. The van der Waals surface area contributed by atoms with E-state index in [4.69, 9.17) is 10.5 Å². The monoisotopic (exact) mass is 378 g/mol. The highest BCUT2D eigenvalue weighted by atomic mass is 35.5. The molecule has 1 saturated heterocycles. The molecule has 2 aromatic rings. The van der Waals surface area contributed by atoms with E-state index >= 15 is 0 Å². The van der Waals surface area contributed by atoms with Gasteiger partial charge in [0.1, 0.15) is 11.6 Å². The molecule has 0 bridgehead atoms. The lowest BCUT2D eigenvalue weighted by Gasteiger charge is -2.35. The molecule has 0 aromatic heterocycles. The fraction of sp³-hybridized carbons (Fsp3) is 0.350. The van der Waals surface area contributed by atoms with E-state index in [1.807, 2.05) is 24.3 Å². The summed E-state index contributed by atoms with van der Waals surface area (Å²) in [4.78, 5) is 14.5. The van der Waals surface area contributed by atoms with Crippen LogP contribution in [0, 0.1) is 5.82 Å². The molecule has 1 aliphatic rings. The number of piperidine rings is 1. The molecule has 1 heterocycles. The molecule has 0 spiro atoms. The van der Waals surface area contributed by atoms with Crippen molar-refractivity contribution in [2.24, 2.45) is 5.73 Å². The normalized spacial score (nSPS) is 16.7. The summed E-state index contributed by atoms with van der Waals surface area (Å²) in [6.45, 7) is 1.05. The van der Waals surface area contributed by atoms with Gasteiger partial charge >= 0.3 is 0 Å². The Morgan fingerprint density at radius 1 is 1.19 bits per heavy atom. The van der Waals surface area contributed by atoms with Gasteiger partial charge in [0.15, 0.2) is 0 Å². The fourth-order valence-corrected chi connectivity index (χ4v) is 3.32. The zero-order valence-electron chi connectivity index (χ0n) is 14.8. The molecular formula is C20H24ClFN2O2. The Morgan fingerprint density at radius 3 is 2.50 bits per heavy atom. The van der Waals surface area contributed by atoms with Crippen LogP contribution < -0.4 is 10.5 Å². The molecule has 1 fully saturated rings. The summed E-state index contributed by atoms with van der Waals surface area (Å²) in [6, 6.07) is 12.1. The Labute approximate surface area is 159 Å². The molecule has 26 heavy (non-hydrogen) atoms. The van der Waals surface area contributed by atoms with Crippen LogP contribution in [0.1, 0.15) is 29.6 Å². The van der Waals surface area contributed by atoms with Gasteiger partial charge in [-0.05, 0) is 54.7 Å². The van der Waals surface area contributed by atoms with E-state index in [1.54, 1.807) is 24.1 Å². The molecule has 1 atom stereocenters. The molecule has 0 radical (unpaired) electrons. The minimum Gasteiger partial charge on any atom is -0.497 e. The van der Waals surface area contributed by atoms with Crippen molar-refractivity contribution in [1.29, 1.82) is 0 Å². The van der Waals surface area contributed by atoms with Crippen LogP contribution >= 0.6 is 12.4 Å². The first-order valence-corrected chi connectivity index (χ1v) is 8.59. The van der Waals surface area contributed by atoms with Crippen molar-refractivity contribution in [3.05, 3.63) is 53.8 Å². The van der Waals surface area contributed by atoms with Gasteiger partial charge in [0.05, 0.1) is 12.7 Å². The lowest BCUT2D eigenvalue weighted by atomic mass is 9.99. The number of rotatable bonds is 4. The van der Waals surface area contributed by atoms with E-state index in [-0.39, 0.29) is 29.9 Å². The summed E-state index contributed by atoms with van der Waals surface area (Å²) >= 11 is 0. The zero-order chi connectivity index (χ0) is 17.8. The molecule has 6 heteroatoms. The maximum atomic E-state index is 14.6. The molecule has 3 rings (SSSR count). The van der Waals surface area contributed by atoms with Gasteiger partial charge in [0, 0.05) is 19.1 Å². The van der Waals surface area contributed by atoms with Crippen LogP contribution in [-0.4, -0.2) is 37.0 Å². The van der Waals surface area contributed by atoms with Gasteiger partial charge in [0.25, 0.3) is 5.91 Å². The van der Waals surface area contributed by atoms with Crippen molar-refractivity contribution in [2.45, 2.75) is 25.3 Å². The third-order valence-electron chi connectivity index (χ3n) is 4.78. The summed E-state index contributed by atoms with van der Waals surface area (Å²) in [6.07, 6.45) is 2.88. The lowest BCUT2D eigenvalue weighted by Crippen LogP contribution is -2.47. The van der Waals surface area contributed by atoms with Crippen LogP contribution in [0.4, 0.5) is 4.39 Å². The highest BCUT2D eigenvalue weighted by Crippen LogP contribution is 2.26. The largest absolute Gasteiger partial charge is 0.497 e. The number of benzene rings is 2. The second kappa shape index (κ2) is 9.01. The van der Waals surface area contributed by atoms with Gasteiger partial charge in [-0.15, -0.1) is 12.4 Å². The van der Waals surface area contributed by atoms with Crippen molar-refractivity contribution in [1.82, 2.24) is 4.90 Å². The van der Waals surface area contributed by atoms with E-state index in [0.29, 0.717) is 13.1 Å². The van der Waals surface area contributed by atoms with Crippen LogP contribution in [0.3, 0.4) is 0 Å². The van der Waals surface area contributed by atoms with Gasteiger partial charge in [-0.2, -0.15) is 0 Å². The summed E-state index contributed by atoms with van der Waals surface area (Å²) in [7, 11) is 1.60. The number of hydrogen-bond donors (Lipinski definition) is 1. The molecular weight excluding hydrogens is 355 g/mol. The predicted octanol–water partition coefficient (Wildman–Crippen LogP) is 3.88. The van der Waals surface area contributed by atoms with Crippen LogP contribution in [0.5, 0.6) is 5.75 Å². The number of nitrogens with two attached hydrogens (primary N) is 1. The molecule has 140 valence electrons. The maximum Gasteiger partial charge on any atom is 0.257 e. The van der Waals surface area contributed by atoms with Gasteiger partial charge < -0.3 is 15.4 Å². The molecule has 1 unspecified atom stereocenters. The Bertz CT molecular complexity index is 752. The highest BCUT2D eigenvalue weighted by molar-refractivity contribution is 5.95. The van der Waals surface area contributed by atoms with Gasteiger partial charge in [0.2, 0.25) is 0 Å². The summed E-state index contributed by atoms with van der Waals surface area (Å²) in [5.41, 5.74) is 7.48. The molecule has 2 N–H and O–H groups in total. The van der Waals surface area contributed by atoms with E-state index in [1.165, 1.54) is 6.07 Å². The number of amides is 1. The Hall–Kier alpha value is -2.11. The Balaban J connectivity index is 0.00000243. The quantitative estimate of drug-likeness (QED) is 0.878. The van der Waals surface area contributed by atoms with E-state index in [0.717, 1.165) is 36.1 Å². The van der Waals surface area contributed by atoms with Crippen molar-refractivity contribution in [3.8, 4) is 16.9 Å². The zero-order valence-corrected chi connectivity index (χ0v) is 15.6. The first-order valence-electron chi connectivity index (χ1n) is 8.59. The van der Waals surface area contributed by atoms with Gasteiger partial charge in [-0.25, -0.2) is 4.39 Å². The van der Waals surface area contributed by atoms with Gasteiger partial charge in [-0.1, -0.05) is 18.2 Å². The summed E-state index contributed by atoms with van der Waals surface area (Å²) < 4.78 is 19.7. The SMILES string of the molecule is COc1ccc(-c2ccc(C(=O)N3CCCCC3CN)c(F)c2)cc1.Cl. The van der Waals surface area contributed by atoms with Crippen LogP contribution in [0.2, 0.25) is 0 Å². The number of hydrogen-bond acceptors (Lipinski definition) is 3. The predicted molar refractivity (Wildman–Crippen MR) is 103 cm³/mol. The number of likely N-dealkylation sites (tertiary alicyclic amines) is 1. The number of nitrogens with zero attached hydrogens (tertiary/aromatic N) is 1. The smallest absolute Gasteiger partial charge is 0.257 e. The Kier molecular flexibility index (Phi) is 7.00. The first-order chi connectivity index (χ1) is 12.1. The van der Waals surface area contributed by atoms with Crippen LogP contribution in [-0.2, 0) is 0 Å². The Morgan fingerprint density at radius 2 is 1.88 bits per heavy atom. The van der Waals surface area contributed by atoms with Crippen LogP contribution in [0.15, 0.2) is 42.5 Å². The van der Waals surface area contributed by atoms with Crippen LogP contribution in [0.25, 0.3) is 11.1 Å². The average Bonchev–Trinajstić information content (AvgIpc) is 2.67. The van der Waals surface area contributed by atoms with Crippen molar-refractivity contribution in [3.63, 3.8) is 0 Å². The van der Waals surface area contributed by atoms with E-state index in [2.05, 4.69) is 0 Å². The second-order valence-electron chi connectivity index (χ2n) is 6.31. The number of methoxy groups -OCH3 is 1. The molecule has 0 saturated carbocycles. The van der Waals surface area contributed by atoms with Crippen molar-refractivity contribution in [2.75, 3.05) is 20.2 Å². The lowest BCUT2D eigenvalue weighted by molar-refractivity contribution is 0.0618. The molecule has 1 amide bonds. The van der Waals surface area contributed by atoms with Gasteiger partial charge in [-0.3, -0.25) is 4.79 Å². The third-order valence-corrected chi connectivity index (χ3v) is 4.78. The minimum atomic E-state index is -0.500. The first kappa shape index (κ1) is 20.2. The molecule has 2 aromatic carbocycles. The molecule has 1 aliphatic heterocycles. The topological polar surface area (TPSA) is 55.6 Å². The van der Waals surface area contributed by atoms with E-state index < -0.39 is 5.82 Å². The molecule has 0 aliphatic carbocycles. The number of halogens is 2. The highest BCUT2D eigenvalue weighted by Gasteiger charge is 2.28. The van der Waals surface area contributed by atoms with Crippen molar-refractivity contribution >= 4 is 18.3 Å². The standard InChI is InChI=1S/C20H23FN2O2.ClH/c1-25-17-8-5-14(6-9-17)15-7-10-18(19(21)12-15)20(24)23-11-3-2-4-16(23)13-22;/h5-10,12,16H,2-4,11,13,22H2,1H3;1H. The number of carbonyl (C=O) groups excluding carboxylic acids is 1. The summed E-state index contributed by atoms with van der Waals surface area (Å²) in [5.74, 6) is -0.0254. The fourth-order valence-electron chi connectivity index (χ4n) is 3.32. The average molecular weight is 379 g/mol. The number of carbonyl (C=O) groups is 1. The number of ether oxygens (including phenoxy) is 1. The van der Waals surface area contributed by atoms with Crippen molar-refractivity contribution < 1.29 is 13.9 Å². The third kappa shape index (κ3) is 4.17. The summed E-state index contributed by atoms with van der Waals surface area (Å²) in [5, 5.41) is 0. The van der Waals surface area contributed by atoms with E-state index in [9.17, 15) is 9.18 Å². The maximum absolute atomic E-state index is 14.6. The second-order valence-corrected chi connectivity index (χ2v) is 6.31. The minimum absolute atomic E-state index is 0.